The van der Waals surface area contributed by atoms with Crippen LogP contribution in [0.25, 0.3) is 0 Å². The number of ether oxygens (including phenoxy) is 2. The van der Waals surface area contributed by atoms with Crippen molar-refractivity contribution in [2.75, 3.05) is 26.3 Å². The first-order chi connectivity index (χ1) is 10.3. The van der Waals surface area contributed by atoms with Crippen LogP contribution in [0.5, 0.6) is 11.5 Å². The molecule has 2 aliphatic heterocycles. The molecule has 0 aliphatic carbocycles. The summed E-state index contributed by atoms with van der Waals surface area (Å²) in [4.78, 5) is 11.7. The molecule has 7 nitrogen and oxygen atoms in total. The van der Waals surface area contributed by atoms with Crippen LogP contribution in [0.2, 0.25) is 0 Å². The molecule has 4 N–H and O–H groups in total. The molecule has 0 saturated carbocycles. The smallest absolute Gasteiger partial charge is 0.315 e. The molecule has 0 bridgehead atoms. The Morgan fingerprint density at radius 3 is 2.90 bits per heavy atom. The summed E-state index contributed by atoms with van der Waals surface area (Å²) in [7, 11) is 0. The molecule has 0 aromatic heterocycles. The number of hydrogen-bond acceptors (Lipinski definition) is 5. The first-order valence-electron chi connectivity index (χ1n) is 7.20. The zero-order valence-corrected chi connectivity index (χ0v) is 11.8. The Hall–Kier alpha value is -1.99. The standard InChI is InChI=1S/C14H20N4O3/c19-14(16-9-11-3-4-17-18-11)15-8-10-1-2-12-13(7-10)21-6-5-20-12/h1-2,7,11,17-18H,3-6,8-9H2,(H2,15,16,19). The summed E-state index contributed by atoms with van der Waals surface area (Å²) in [5.41, 5.74) is 7.11. The van der Waals surface area contributed by atoms with Crippen LogP contribution in [0.1, 0.15) is 12.0 Å². The quantitative estimate of drug-likeness (QED) is 0.634. The van der Waals surface area contributed by atoms with Crippen molar-refractivity contribution in [3.63, 3.8) is 0 Å². The van der Waals surface area contributed by atoms with Gasteiger partial charge in [0.15, 0.2) is 11.5 Å². The van der Waals surface area contributed by atoms with Crippen molar-refractivity contribution in [3.8, 4) is 11.5 Å². The molecule has 114 valence electrons. The van der Waals surface area contributed by atoms with Gasteiger partial charge in [-0.1, -0.05) is 6.07 Å². The second-order valence-corrected chi connectivity index (χ2v) is 5.10. The number of amides is 2. The summed E-state index contributed by atoms with van der Waals surface area (Å²) in [6.45, 7) is 3.15. The summed E-state index contributed by atoms with van der Waals surface area (Å²) < 4.78 is 11.0. The van der Waals surface area contributed by atoms with Crippen LogP contribution in [-0.2, 0) is 6.54 Å². The molecule has 1 fully saturated rings. The van der Waals surface area contributed by atoms with Crippen molar-refractivity contribution in [2.45, 2.75) is 19.0 Å². The van der Waals surface area contributed by atoms with Gasteiger partial charge >= 0.3 is 6.03 Å². The van der Waals surface area contributed by atoms with E-state index in [1.165, 1.54) is 0 Å². The number of carbonyl (C=O) groups excluding carboxylic acids is 1. The summed E-state index contributed by atoms with van der Waals surface area (Å²) in [5, 5.41) is 5.68. The predicted octanol–water partition coefficient (Wildman–Crippen LogP) is 0.123. The van der Waals surface area contributed by atoms with E-state index in [0.29, 0.717) is 32.3 Å². The molecule has 1 aromatic carbocycles. The van der Waals surface area contributed by atoms with Gasteiger partial charge in [-0.2, -0.15) is 0 Å². The lowest BCUT2D eigenvalue weighted by atomic mass is 10.2. The maximum absolute atomic E-state index is 11.7. The minimum Gasteiger partial charge on any atom is -0.486 e. The van der Waals surface area contributed by atoms with Gasteiger partial charge in [0.2, 0.25) is 0 Å². The summed E-state index contributed by atoms with van der Waals surface area (Å²) in [6, 6.07) is 5.83. The molecule has 21 heavy (non-hydrogen) atoms. The molecule has 2 heterocycles. The van der Waals surface area contributed by atoms with Gasteiger partial charge in [-0.15, -0.1) is 0 Å². The minimum atomic E-state index is -0.168. The topological polar surface area (TPSA) is 83.7 Å². The van der Waals surface area contributed by atoms with Crippen LogP contribution >= 0.6 is 0 Å². The largest absolute Gasteiger partial charge is 0.486 e. The summed E-state index contributed by atoms with van der Waals surface area (Å²) in [5.74, 6) is 1.50. The van der Waals surface area contributed by atoms with Crippen molar-refractivity contribution >= 4 is 6.03 Å². The number of rotatable bonds is 4. The van der Waals surface area contributed by atoms with Crippen LogP contribution in [-0.4, -0.2) is 38.4 Å². The normalized spacial score (nSPS) is 20.1. The van der Waals surface area contributed by atoms with Gasteiger partial charge in [-0.25, -0.2) is 4.79 Å². The van der Waals surface area contributed by atoms with Gasteiger partial charge in [-0.3, -0.25) is 10.9 Å². The monoisotopic (exact) mass is 292 g/mol. The highest BCUT2D eigenvalue weighted by Crippen LogP contribution is 2.30. The fourth-order valence-corrected chi connectivity index (χ4v) is 2.35. The number of hydrazine groups is 1. The van der Waals surface area contributed by atoms with E-state index < -0.39 is 0 Å². The zero-order valence-electron chi connectivity index (χ0n) is 11.8. The molecule has 0 radical (unpaired) electrons. The molecule has 7 heteroatoms. The van der Waals surface area contributed by atoms with E-state index in [0.717, 1.165) is 30.0 Å². The van der Waals surface area contributed by atoms with Gasteiger partial charge in [0.1, 0.15) is 13.2 Å². The highest BCUT2D eigenvalue weighted by atomic mass is 16.6. The van der Waals surface area contributed by atoms with E-state index in [9.17, 15) is 4.79 Å². The number of nitrogens with one attached hydrogen (secondary N) is 4. The van der Waals surface area contributed by atoms with Crippen LogP contribution in [0.4, 0.5) is 4.79 Å². The Kier molecular flexibility index (Phi) is 4.42. The van der Waals surface area contributed by atoms with Gasteiger partial charge in [0, 0.05) is 25.7 Å². The van der Waals surface area contributed by atoms with Crippen molar-refractivity contribution in [2.24, 2.45) is 0 Å². The van der Waals surface area contributed by atoms with Gasteiger partial charge in [-0.05, 0) is 24.1 Å². The zero-order chi connectivity index (χ0) is 14.5. The Morgan fingerprint density at radius 1 is 1.24 bits per heavy atom. The number of urea groups is 1. The Morgan fingerprint density at radius 2 is 2.10 bits per heavy atom. The van der Waals surface area contributed by atoms with Gasteiger partial charge < -0.3 is 20.1 Å². The predicted molar refractivity (Wildman–Crippen MR) is 77.2 cm³/mol. The Balaban J connectivity index is 1.44. The van der Waals surface area contributed by atoms with E-state index in [-0.39, 0.29) is 6.03 Å². The molecule has 1 aromatic rings. The van der Waals surface area contributed by atoms with Crippen molar-refractivity contribution in [1.82, 2.24) is 21.5 Å². The molecule has 0 spiro atoms. The highest BCUT2D eigenvalue weighted by Gasteiger charge is 2.15. The van der Waals surface area contributed by atoms with Crippen molar-refractivity contribution in [3.05, 3.63) is 23.8 Å². The average molecular weight is 292 g/mol. The summed E-state index contributed by atoms with van der Waals surface area (Å²) in [6.07, 6.45) is 1.02. The SMILES string of the molecule is O=C(NCc1ccc2c(c1)OCCO2)NCC1CCNN1. The fraction of sp³-hybridized carbons (Fsp3) is 0.500. The first kappa shape index (κ1) is 14.0. The average Bonchev–Trinajstić information content (AvgIpc) is 3.04. The maximum Gasteiger partial charge on any atom is 0.315 e. The first-order valence-corrected chi connectivity index (χ1v) is 7.20. The lowest BCUT2D eigenvalue weighted by molar-refractivity contribution is 0.171. The van der Waals surface area contributed by atoms with Crippen molar-refractivity contribution in [1.29, 1.82) is 0 Å². The molecule has 1 saturated heterocycles. The lowest BCUT2D eigenvalue weighted by Gasteiger charge is -2.19. The lowest BCUT2D eigenvalue weighted by Crippen LogP contribution is -2.43. The Labute approximate surface area is 123 Å². The molecule has 1 unspecified atom stereocenters. The van der Waals surface area contributed by atoms with E-state index in [2.05, 4.69) is 21.5 Å². The van der Waals surface area contributed by atoms with Crippen LogP contribution < -0.4 is 31.0 Å². The third-order valence-corrected chi connectivity index (χ3v) is 3.49. The molecule has 3 rings (SSSR count). The third kappa shape index (κ3) is 3.77. The molecule has 2 amide bonds. The second-order valence-electron chi connectivity index (χ2n) is 5.10. The minimum absolute atomic E-state index is 0.168. The van der Waals surface area contributed by atoms with E-state index >= 15 is 0 Å². The number of hydrogen-bond donors (Lipinski definition) is 4. The maximum atomic E-state index is 11.7. The van der Waals surface area contributed by atoms with Crippen LogP contribution in [0.3, 0.4) is 0 Å². The number of benzene rings is 1. The number of carbonyl (C=O) groups is 1. The van der Waals surface area contributed by atoms with Crippen LogP contribution in [0.15, 0.2) is 18.2 Å². The Bertz CT molecular complexity index is 503. The molecule has 1 atom stereocenters. The van der Waals surface area contributed by atoms with E-state index in [4.69, 9.17) is 9.47 Å². The number of fused-ring (bicyclic) bond motifs is 1. The van der Waals surface area contributed by atoms with E-state index in [1.54, 1.807) is 0 Å². The van der Waals surface area contributed by atoms with Crippen LogP contribution in [0, 0.1) is 0 Å². The fourth-order valence-electron chi connectivity index (χ4n) is 2.35. The van der Waals surface area contributed by atoms with Gasteiger partial charge in [0.05, 0.1) is 0 Å². The van der Waals surface area contributed by atoms with Gasteiger partial charge in [0.25, 0.3) is 0 Å². The molecular formula is C14H20N4O3. The second kappa shape index (κ2) is 6.64. The van der Waals surface area contributed by atoms with Crippen molar-refractivity contribution < 1.29 is 14.3 Å². The van der Waals surface area contributed by atoms with E-state index in [1.807, 2.05) is 18.2 Å². The molecule has 2 aliphatic rings. The highest BCUT2D eigenvalue weighted by molar-refractivity contribution is 5.73. The third-order valence-electron chi connectivity index (χ3n) is 3.49. The summed E-state index contributed by atoms with van der Waals surface area (Å²) >= 11 is 0. The molecular weight excluding hydrogens is 272 g/mol.